The highest BCUT2D eigenvalue weighted by molar-refractivity contribution is 7.88. The Balaban J connectivity index is 2.00. The summed E-state index contributed by atoms with van der Waals surface area (Å²) in [5, 5.41) is 3.57. The van der Waals surface area contributed by atoms with Crippen molar-refractivity contribution in [2.24, 2.45) is 0 Å². The molecule has 1 fully saturated rings. The van der Waals surface area contributed by atoms with Gasteiger partial charge in [0.2, 0.25) is 10.0 Å². The van der Waals surface area contributed by atoms with Gasteiger partial charge in [0.15, 0.2) is 0 Å². The maximum absolute atomic E-state index is 12.2. The Bertz CT molecular complexity index is 606. The molecule has 130 valence electrons. The maximum Gasteiger partial charge on any atom is 0.216 e. The molecule has 2 rings (SSSR count). The fourth-order valence-corrected chi connectivity index (χ4v) is 4.56. The molecule has 1 heterocycles. The fourth-order valence-electron chi connectivity index (χ4n) is 3.07. The normalized spacial score (nSPS) is 22.8. The Hall–Kier alpha value is -0.950. The van der Waals surface area contributed by atoms with E-state index in [1.54, 1.807) is 0 Å². The van der Waals surface area contributed by atoms with Crippen LogP contribution >= 0.6 is 0 Å². The van der Waals surface area contributed by atoms with Gasteiger partial charge in [-0.2, -0.15) is 0 Å². The van der Waals surface area contributed by atoms with Crippen molar-refractivity contribution in [2.75, 3.05) is 13.6 Å². The van der Waals surface area contributed by atoms with E-state index in [0.29, 0.717) is 18.6 Å². The number of hydrogen-bond donors (Lipinski definition) is 2. The van der Waals surface area contributed by atoms with Crippen LogP contribution in [0.4, 0.5) is 0 Å². The van der Waals surface area contributed by atoms with E-state index in [2.05, 4.69) is 28.9 Å². The molecule has 0 saturated carbocycles. The summed E-state index contributed by atoms with van der Waals surface area (Å²) in [6.45, 7) is 7.65. The predicted molar refractivity (Wildman–Crippen MR) is 94.7 cm³/mol. The molecule has 1 aromatic rings. The summed E-state index contributed by atoms with van der Waals surface area (Å²) in [4.78, 5) is 2.35. The van der Waals surface area contributed by atoms with E-state index in [1.807, 2.05) is 38.1 Å². The van der Waals surface area contributed by atoms with Crippen LogP contribution < -0.4 is 10.0 Å². The molecule has 1 aliphatic heterocycles. The van der Waals surface area contributed by atoms with E-state index in [9.17, 15) is 8.42 Å². The molecule has 1 aliphatic rings. The summed E-state index contributed by atoms with van der Waals surface area (Å²) in [7, 11) is -1.15. The van der Waals surface area contributed by atoms with Crippen LogP contribution in [0.2, 0.25) is 0 Å². The summed E-state index contributed by atoms with van der Waals surface area (Å²) in [5.41, 5.74) is 1.93. The maximum atomic E-state index is 12.2. The van der Waals surface area contributed by atoms with Gasteiger partial charge in [-0.3, -0.25) is 0 Å². The molecule has 0 amide bonds. The molecule has 0 unspecified atom stereocenters. The molecule has 2 N–H and O–H groups in total. The van der Waals surface area contributed by atoms with Gasteiger partial charge in [0.25, 0.3) is 0 Å². The molecule has 0 aromatic heterocycles. The van der Waals surface area contributed by atoms with Crippen LogP contribution in [0.1, 0.15) is 38.3 Å². The second-order valence-corrected chi connectivity index (χ2v) is 8.66. The molecule has 1 aromatic carbocycles. The smallest absolute Gasteiger partial charge is 0.216 e. The topological polar surface area (TPSA) is 61.4 Å². The third kappa shape index (κ3) is 5.57. The fraction of sp³-hybridized carbons (Fsp3) is 0.647. The number of likely N-dealkylation sites (N-methyl/N-ethyl adjacent to an activating group) is 1. The minimum absolute atomic E-state index is 0.0318. The van der Waals surface area contributed by atoms with Gasteiger partial charge in [0, 0.05) is 31.2 Å². The molecule has 0 spiro atoms. The largest absolute Gasteiger partial charge is 0.309 e. The first-order valence-electron chi connectivity index (χ1n) is 8.27. The number of benzene rings is 1. The van der Waals surface area contributed by atoms with E-state index < -0.39 is 10.0 Å². The molecule has 6 heteroatoms. The zero-order chi connectivity index (χ0) is 17.0. The van der Waals surface area contributed by atoms with Gasteiger partial charge < -0.3 is 10.2 Å². The Morgan fingerprint density at radius 3 is 2.48 bits per heavy atom. The van der Waals surface area contributed by atoms with Gasteiger partial charge in [0.05, 0.1) is 5.75 Å². The monoisotopic (exact) mass is 339 g/mol. The highest BCUT2D eigenvalue weighted by Gasteiger charge is 2.25. The first kappa shape index (κ1) is 18.4. The number of rotatable bonds is 7. The number of nitrogens with one attached hydrogen (secondary N) is 2. The molecular formula is C17H29N3O2S. The van der Waals surface area contributed by atoms with Gasteiger partial charge in [-0.15, -0.1) is 0 Å². The minimum atomic E-state index is -3.30. The summed E-state index contributed by atoms with van der Waals surface area (Å²) in [5.74, 6) is 0.0318. The second kappa shape index (κ2) is 7.75. The zero-order valence-corrected chi connectivity index (χ0v) is 15.4. The number of hydrogen-bond acceptors (Lipinski definition) is 4. The van der Waals surface area contributed by atoms with E-state index in [0.717, 1.165) is 24.1 Å². The molecule has 0 radical (unpaired) electrons. The van der Waals surface area contributed by atoms with Crippen LogP contribution in [0, 0.1) is 0 Å². The van der Waals surface area contributed by atoms with E-state index >= 15 is 0 Å². The van der Waals surface area contributed by atoms with Gasteiger partial charge in [-0.05, 0) is 45.4 Å². The summed E-state index contributed by atoms with van der Waals surface area (Å²) in [6, 6.07) is 8.75. The lowest BCUT2D eigenvalue weighted by Crippen LogP contribution is -2.33. The van der Waals surface area contributed by atoms with E-state index in [1.165, 1.54) is 0 Å². The number of nitrogens with zero attached hydrogens (tertiary/aromatic N) is 1. The van der Waals surface area contributed by atoms with Crippen molar-refractivity contribution in [2.45, 2.75) is 57.6 Å². The van der Waals surface area contributed by atoms with E-state index in [4.69, 9.17) is 0 Å². The highest BCUT2D eigenvalue weighted by Crippen LogP contribution is 2.17. The van der Waals surface area contributed by atoms with E-state index in [-0.39, 0.29) is 11.8 Å². The molecule has 0 bridgehead atoms. The molecular weight excluding hydrogens is 310 g/mol. The lowest BCUT2D eigenvalue weighted by Gasteiger charge is -2.16. The number of sulfonamides is 1. The van der Waals surface area contributed by atoms with Crippen LogP contribution in [-0.4, -0.2) is 45.0 Å². The first-order chi connectivity index (χ1) is 10.8. The highest BCUT2D eigenvalue weighted by atomic mass is 32.2. The lowest BCUT2D eigenvalue weighted by atomic mass is 10.1. The molecule has 5 nitrogen and oxygen atoms in total. The van der Waals surface area contributed by atoms with Crippen LogP contribution in [0.5, 0.6) is 0 Å². The molecule has 2 atom stereocenters. The minimum Gasteiger partial charge on any atom is -0.309 e. The van der Waals surface area contributed by atoms with Gasteiger partial charge in [-0.25, -0.2) is 13.1 Å². The summed E-state index contributed by atoms with van der Waals surface area (Å²) < 4.78 is 27.0. The third-order valence-electron chi connectivity index (χ3n) is 4.35. The Labute approximate surface area is 140 Å². The lowest BCUT2D eigenvalue weighted by molar-refractivity contribution is 0.326. The van der Waals surface area contributed by atoms with Crippen molar-refractivity contribution in [3.63, 3.8) is 0 Å². The van der Waals surface area contributed by atoms with Crippen molar-refractivity contribution < 1.29 is 8.42 Å². The van der Waals surface area contributed by atoms with Crippen LogP contribution in [0.25, 0.3) is 0 Å². The van der Waals surface area contributed by atoms with Crippen molar-refractivity contribution in [3.8, 4) is 0 Å². The Morgan fingerprint density at radius 1 is 1.26 bits per heavy atom. The van der Waals surface area contributed by atoms with Gasteiger partial charge in [-0.1, -0.05) is 24.3 Å². The zero-order valence-electron chi connectivity index (χ0n) is 14.5. The van der Waals surface area contributed by atoms with Gasteiger partial charge in [0.1, 0.15) is 0 Å². The van der Waals surface area contributed by atoms with Crippen molar-refractivity contribution in [1.82, 2.24) is 14.9 Å². The van der Waals surface area contributed by atoms with Crippen LogP contribution in [-0.2, 0) is 22.3 Å². The SMILES string of the molecule is CC(C)NS(=O)(=O)Cc1ccccc1CN[C@H]1C[C@H](C)N(C)C1. The van der Waals surface area contributed by atoms with Crippen molar-refractivity contribution in [3.05, 3.63) is 35.4 Å². The average molecular weight is 340 g/mol. The van der Waals surface area contributed by atoms with Crippen molar-refractivity contribution >= 4 is 10.0 Å². The van der Waals surface area contributed by atoms with Gasteiger partial charge >= 0.3 is 0 Å². The third-order valence-corrected chi connectivity index (χ3v) is 5.87. The molecule has 1 saturated heterocycles. The standard InChI is InChI=1S/C17H29N3O2S/c1-13(2)19-23(21,22)12-16-8-6-5-7-15(16)10-18-17-9-14(3)20(4)11-17/h5-8,13-14,17-19H,9-12H2,1-4H3/t14-,17-/m0/s1. The number of likely N-dealkylation sites (tertiary alicyclic amines) is 1. The van der Waals surface area contributed by atoms with Crippen molar-refractivity contribution in [1.29, 1.82) is 0 Å². The predicted octanol–water partition coefficient (Wildman–Crippen LogP) is 1.70. The van der Waals surface area contributed by atoms with Crippen LogP contribution in [0.3, 0.4) is 0 Å². The molecule has 0 aliphatic carbocycles. The molecule has 23 heavy (non-hydrogen) atoms. The Morgan fingerprint density at radius 2 is 1.91 bits per heavy atom. The van der Waals surface area contributed by atoms with Crippen LogP contribution in [0.15, 0.2) is 24.3 Å². The first-order valence-corrected chi connectivity index (χ1v) is 9.92. The Kier molecular flexibility index (Phi) is 6.19. The second-order valence-electron chi connectivity index (χ2n) is 6.90. The average Bonchev–Trinajstić information content (AvgIpc) is 2.75. The summed E-state index contributed by atoms with van der Waals surface area (Å²) in [6.07, 6.45) is 1.13. The summed E-state index contributed by atoms with van der Waals surface area (Å²) >= 11 is 0. The quantitative estimate of drug-likeness (QED) is 0.794.